The van der Waals surface area contributed by atoms with Crippen molar-refractivity contribution in [3.63, 3.8) is 0 Å². The smallest absolute Gasteiger partial charge is 0.139 e. The number of ether oxygens (including phenoxy) is 1. The van der Waals surface area contributed by atoms with Crippen molar-refractivity contribution in [1.29, 1.82) is 0 Å². The van der Waals surface area contributed by atoms with E-state index in [-0.39, 0.29) is 0 Å². The lowest BCUT2D eigenvalue weighted by atomic mass is 10.1. The third-order valence-electron chi connectivity index (χ3n) is 2.92. The van der Waals surface area contributed by atoms with Gasteiger partial charge in [-0.3, -0.25) is 0 Å². The summed E-state index contributed by atoms with van der Waals surface area (Å²) in [6, 6.07) is 5.92. The summed E-state index contributed by atoms with van der Waals surface area (Å²) in [6.07, 6.45) is 2.09. The summed E-state index contributed by atoms with van der Waals surface area (Å²) in [5, 5.41) is 4.80. The van der Waals surface area contributed by atoms with Gasteiger partial charge in [0.25, 0.3) is 0 Å². The van der Waals surface area contributed by atoms with E-state index in [9.17, 15) is 0 Å². The predicted octanol–water partition coefficient (Wildman–Crippen LogP) is 3.89. The summed E-state index contributed by atoms with van der Waals surface area (Å²) < 4.78 is 5.21. The molecule has 18 heavy (non-hydrogen) atoms. The van der Waals surface area contributed by atoms with Gasteiger partial charge in [-0.15, -0.1) is 0 Å². The van der Waals surface area contributed by atoms with E-state index in [2.05, 4.69) is 23.3 Å². The molecule has 1 aromatic heterocycles. The van der Waals surface area contributed by atoms with Crippen molar-refractivity contribution in [2.75, 3.05) is 19.5 Å². The molecule has 1 heterocycles. The number of fused-ring (bicyclic) bond motifs is 1. The molecule has 0 aliphatic rings. The maximum absolute atomic E-state index is 6.14. The summed E-state index contributed by atoms with van der Waals surface area (Å²) in [6.45, 7) is 2.16. The minimum Gasteiger partial charge on any atom is -0.495 e. The highest BCUT2D eigenvalue weighted by atomic mass is 35.5. The van der Waals surface area contributed by atoms with Gasteiger partial charge in [0.1, 0.15) is 11.6 Å². The lowest BCUT2D eigenvalue weighted by Crippen LogP contribution is -1.99. The highest BCUT2D eigenvalue weighted by molar-refractivity contribution is 6.32. The second-order valence-electron chi connectivity index (χ2n) is 4.18. The fourth-order valence-electron chi connectivity index (χ4n) is 2.05. The second-order valence-corrected chi connectivity index (χ2v) is 4.58. The number of hydrogen-bond donors (Lipinski definition) is 1. The number of aryl methyl sites for hydroxylation is 1. The highest BCUT2D eigenvalue weighted by Crippen LogP contribution is 2.31. The van der Waals surface area contributed by atoms with Crippen LogP contribution in [0.1, 0.15) is 18.9 Å². The lowest BCUT2D eigenvalue weighted by molar-refractivity contribution is 0.415. The summed E-state index contributed by atoms with van der Waals surface area (Å²) in [4.78, 5) is 4.61. The fourth-order valence-corrected chi connectivity index (χ4v) is 2.30. The standard InChI is InChI=1S/C14H17ClN2O/c1-4-5-9-6-10-7-11(15)13(18-3)8-12(10)17-14(9)16-2/h6-8H,4-5H2,1-3H3,(H,16,17). The molecule has 0 atom stereocenters. The molecule has 0 saturated carbocycles. The number of halogens is 1. The lowest BCUT2D eigenvalue weighted by Gasteiger charge is -2.11. The molecule has 0 radical (unpaired) electrons. The average Bonchev–Trinajstić information content (AvgIpc) is 2.37. The molecule has 0 bridgehead atoms. The number of anilines is 1. The number of hydrogen-bond acceptors (Lipinski definition) is 3. The minimum absolute atomic E-state index is 0.617. The van der Waals surface area contributed by atoms with Crippen molar-refractivity contribution in [2.45, 2.75) is 19.8 Å². The van der Waals surface area contributed by atoms with Crippen LogP contribution in [0.25, 0.3) is 10.9 Å². The Hall–Kier alpha value is -1.48. The number of nitrogens with one attached hydrogen (secondary N) is 1. The molecule has 0 saturated heterocycles. The first kappa shape index (κ1) is 13.0. The maximum atomic E-state index is 6.14. The van der Waals surface area contributed by atoms with Crippen LogP contribution in [0.3, 0.4) is 0 Å². The van der Waals surface area contributed by atoms with Gasteiger partial charge in [-0.05, 0) is 24.1 Å². The molecule has 1 aromatic carbocycles. The van der Waals surface area contributed by atoms with Crippen LogP contribution in [0.2, 0.25) is 5.02 Å². The van der Waals surface area contributed by atoms with Gasteiger partial charge in [0, 0.05) is 18.5 Å². The Kier molecular flexibility index (Phi) is 3.92. The van der Waals surface area contributed by atoms with Crippen molar-refractivity contribution in [3.05, 3.63) is 28.8 Å². The summed E-state index contributed by atoms with van der Waals surface area (Å²) in [5.74, 6) is 1.58. The van der Waals surface area contributed by atoms with E-state index < -0.39 is 0 Å². The van der Waals surface area contributed by atoms with E-state index in [0.717, 1.165) is 29.6 Å². The van der Waals surface area contributed by atoms with Crippen LogP contribution in [0, 0.1) is 0 Å². The summed E-state index contributed by atoms with van der Waals surface area (Å²) in [7, 11) is 3.50. The van der Waals surface area contributed by atoms with Gasteiger partial charge in [0.05, 0.1) is 17.6 Å². The molecule has 0 spiro atoms. The molecule has 0 aliphatic heterocycles. The molecular weight excluding hydrogens is 248 g/mol. The number of methoxy groups -OCH3 is 1. The van der Waals surface area contributed by atoms with Gasteiger partial charge in [0.15, 0.2) is 0 Å². The van der Waals surface area contributed by atoms with Crippen LogP contribution >= 0.6 is 11.6 Å². The molecule has 4 heteroatoms. The number of benzene rings is 1. The first-order valence-corrected chi connectivity index (χ1v) is 6.42. The summed E-state index contributed by atoms with van der Waals surface area (Å²) in [5.41, 5.74) is 2.11. The zero-order valence-corrected chi connectivity index (χ0v) is 11.6. The molecule has 0 amide bonds. The molecule has 3 nitrogen and oxygen atoms in total. The molecule has 2 aromatic rings. The van der Waals surface area contributed by atoms with E-state index in [1.165, 1.54) is 5.56 Å². The van der Waals surface area contributed by atoms with Crippen molar-refractivity contribution in [2.24, 2.45) is 0 Å². The van der Waals surface area contributed by atoms with Crippen molar-refractivity contribution >= 4 is 28.3 Å². The predicted molar refractivity (Wildman–Crippen MR) is 76.8 cm³/mol. The Morgan fingerprint density at radius 3 is 2.72 bits per heavy atom. The Morgan fingerprint density at radius 1 is 1.33 bits per heavy atom. The topological polar surface area (TPSA) is 34.1 Å². The Labute approximate surface area is 112 Å². The largest absolute Gasteiger partial charge is 0.495 e. The normalized spacial score (nSPS) is 10.7. The molecule has 1 N–H and O–H groups in total. The number of pyridine rings is 1. The van der Waals surface area contributed by atoms with Gasteiger partial charge in [-0.2, -0.15) is 0 Å². The molecule has 96 valence electrons. The first-order valence-electron chi connectivity index (χ1n) is 6.04. The zero-order valence-electron chi connectivity index (χ0n) is 10.9. The number of aromatic nitrogens is 1. The van der Waals surface area contributed by atoms with E-state index in [4.69, 9.17) is 16.3 Å². The number of nitrogens with zero attached hydrogens (tertiary/aromatic N) is 1. The van der Waals surface area contributed by atoms with E-state index in [0.29, 0.717) is 10.8 Å². The molecule has 0 fully saturated rings. The van der Waals surface area contributed by atoms with Gasteiger partial charge >= 0.3 is 0 Å². The monoisotopic (exact) mass is 264 g/mol. The van der Waals surface area contributed by atoms with Gasteiger partial charge in [-0.1, -0.05) is 24.9 Å². The van der Waals surface area contributed by atoms with Crippen LogP contribution in [0.4, 0.5) is 5.82 Å². The van der Waals surface area contributed by atoms with Crippen LogP contribution in [-0.4, -0.2) is 19.1 Å². The van der Waals surface area contributed by atoms with E-state index in [1.807, 2.05) is 19.2 Å². The average molecular weight is 265 g/mol. The van der Waals surface area contributed by atoms with Crippen molar-refractivity contribution in [1.82, 2.24) is 4.98 Å². The molecule has 2 rings (SSSR count). The third-order valence-corrected chi connectivity index (χ3v) is 3.22. The molecule has 0 aliphatic carbocycles. The fraction of sp³-hybridized carbons (Fsp3) is 0.357. The maximum Gasteiger partial charge on any atom is 0.139 e. The van der Waals surface area contributed by atoms with Crippen LogP contribution in [-0.2, 0) is 6.42 Å². The van der Waals surface area contributed by atoms with Gasteiger partial charge in [0.2, 0.25) is 0 Å². The Bertz CT molecular complexity index is 569. The van der Waals surface area contributed by atoms with Gasteiger partial charge < -0.3 is 10.1 Å². The second kappa shape index (κ2) is 5.44. The quantitative estimate of drug-likeness (QED) is 0.910. The van der Waals surface area contributed by atoms with Crippen LogP contribution in [0.15, 0.2) is 18.2 Å². The SMILES string of the molecule is CCCc1cc2cc(Cl)c(OC)cc2nc1NC. The molecular formula is C14H17ClN2O. The minimum atomic E-state index is 0.617. The van der Waals surface area contributed by atoms with Crippen molar-refractivity contribution < 1.29 is 4.74 Å². The van der Waals surface area contributed by atoms with E-state index >= 15 is 0 Å². The Balaban J connectivity index is 2.63. The molecule has 0 unspecified atom stereocenters. The van der Waals surface area contributed by atoms with Crippen molar-refractivity contribution in [3.8, 4) is 5.75 Å². The number of rotatable bonds is 4. The van der Waals surface area contributed by atoms with Gasteiger partial charge in [-0.25, -0.2) is 4.98 Å². The zero-order chi connectivity index (χ0) is 13.1. The summed E-state index contributed by atoms with van der Waals surface area (Å²) >= 11 is 6.14. The first-order chi connectivity index (χ1) is 8.69. The van der Waals surface area contributed by atoms with Crippen LogP contribution < -0.4 is 10.1 Å². The third kappa shape index (κ3) is 2.36. The Morgan fingerprint density at radius 2 is 2.11 bits per heavy atom. The van der Waals surface area contributed by atoms with Crippen LogP contribution in [0.5, 0.6) is 5.75 Å². The highest BCUT2D eigenvalue weighted by Gasteiger charge is 2.08. The van der Waals surface area contributed by atoms with E-state index in [1.54, 1.807) is 7.11 Å².